The molecule has 0 radical (unpaired) electrons. The number of piperazine rings is 1. The summed E-state index contributed by atoms with van der Waals surface area (Å²) in [6, 6.07) is 1.89. The molecule has 1 aliphatic heterocycles. The molecular weight excluding hydrogens is 204 g/mol. The number of hydrogen-bond donors (Lipinski definition) is 1. The normalized spacial score (nSPS) is 16.5. The number of carbonyl (C=O) groups is 1. The quantitative estimate of drug-likeness (QED) is 0.768. The van der Waals surface area contributed by atoms with Crippen molar-refractivity contribution in [2.24, 2.45) is 7.05 Å². The molecule has 1 saturated heterocycles. The predicted octanol–water partition coefficient (Wildman–Crippen LogP) is 0.0279. The van der Waals surface area contributed by atoms with Crippen LogP contribution in [0.25, 0.3) is 0 Å². The van der Waals surface area contributed by atoms with Crippen LogP contribution in [0, 0.1) is 0 Å². The number of amides is 1. The van der Waals surface area contributed by atoms with E-state index < -0.39 is 0 Å². The van der Waals surface area contributed by atoms with Crippen LogP contribution in [0.5, 0.6) is 0 Å². The molecule has 0 spiro atoms. The molecule has 0 aliphatic carbocycles. The Morgan fingerprint density at radius 2 is 2.19 bits per heavy atom. The van der Waals surface area contributed by atoms with Crippen molar-refractivity contribution in [1.29, 1.82) is 0 Å². The van der Waals surface area contributed by atoms with Gasteiger partial charge >= 0.3 is 0 Å². The first-order valence-corrected chi connectivity index (χ1v) is 5.75. The standard InChI is InChI=1S/C11H18N4O/c1-3-9-8-10(13-14(9)2)11(16)15-6-4-12-5-7-15/h8,12H,3-7H2,1-2H3. The smallest absolute Gasteiger partial charge is 0.274 e. The zero-order valence-electron chi connectivity index (χ0n) is 9.86. The van der Waals surface area contributed by atoms with E-state index >= 15 is 0 Å². The first-order valence-electron chi connectivity index (χ1n) is 5.75. The van der Waals surface area contributed by atoms with Gasteiger partial charge in [-0.05, 0) is 12.5 Å². The molecule has 1 aliphatic rings. The summed E-state index contributed by atoms with van der Waals surface area (Å²) in [6.45, 7) is 5.36. The van der Waals surface area contributed by atoms with Gasteiger partial charge < -0.3 is 10.2 Å². The van der Waals surface area contributed by atoms with Gasteiger partial charge in [0.2, 0.25) is 0 Å². The maximum absolute atomic E-state index is 12.1. The molecule has 5 heteroatoms. The minimum absolute atomic E-state index is 0.0526. The lowest BCUT2D eigenvalue weighted by Gasteiger charge is -2.26. The predicted molar refractivity (Wildman–Crippen MR) is 61.4 cm³/mol. The highest BCUT2D eigenvalue weighted by atomic mass is 16.2. The summed E-state index contributed by atoms with van der Waals surface area (Å²) in [5.74, 6) is 0.0526. The highest BCUT2D eigenvalue weighted by molar-refractivity contribution is 5.92. The average molecular weight is 222 g/mol. The van der Waals surface area contributed by atoms with Gasteiger partial charge in [-0.25, -0.2) is 0 Å². The van der Waals surface area contributed by atoms with Crippen molar-refractivity contribution < 1.29 is 4.79 Å². The van der Waals surface area contributed by atoms with Gasteiger partial charge in [0.25, 0.3) is 5.91 Å². The third kappa shape index (κ3) is 2.09. The molecule has 5 nitrogen and oxygen atoms in total. The monoisotopic (exact) mass is 222 g/mol. The van der Waals surface area contributed by atoms with Crippen molar-refractivity contribution in [1.82, 2.24) is 20.0 Å². The van der Waals surface area contributed by atoms with Crippen LogP contribution in [-0.4, -0.2) is 46.8 Å². The van der Waals surface area contributed by atoms with Crippen LogP contribution in [0.3, 0.4) is 0 Å². The number of hydrogen-bond acceptors (Lipinski definition) is 3. The Kier molecular flexibility index (Phi) is 3.24. The van der Waals surface area contributed by atoms with Gasteiger partial charge in [0.05, 0.1) is 0 Å². The second-order valence-electron chi connectivity index (χ2n) is 4.04. The molecule has 0 saturated carbocycles. The fourth-order valence-corrected chi connectivity index (χ4v) is 1.97. The number of aryl methyl sites for hydroxylation is 2. The van der Waals surface area contributed by atoms with Crippen LogP contribution < -0.4 is 5.32 Å². The number of nitrogens with zero attached hydrogens (tertiary/aromatic N) is 3. The fourth-order valence-electron chi connectivity index (χ4n) is 1.97. The fraction of sp³-hybridized carbons (Fsp3) is 0.636. The molecule has 0 aromatic carbocycles. The SMILES string of the molecule is CCc1cc(C(=O)N2CCNCC2)nn1C. The summed E-state index contributed by atoms with van der Waals surface area (Å²) in [5.41, 5.74) is 1.67. The van der Waals surface area contributed by atoms with Crippen LogP contribution in [0.2, 0.25) is 0 Å². The Morgan fingerprint density at radius 1 is 1.50 bits per heavy atom. The van der Waals surface area contributed by atoms with E-state index in [1.807, 2.05) is 18.0 Å². The first-order chi connectivity index (χ1) is 7.72. The molecule has 2 rings (SSSR count). The summed E-state index contributed by atoms with van der Waals surface area (Å²) in [7, 11) is 1.88. The molecule has 0 bridgehead atoms. The highest BCUT2D eigenvalue weighted by Crippen LogP contribution is 2.07. The van der Waals surface area contributed by atoms with E-state index in [1.54, 1.807) is 4.68 Å². The first kappa shape index (κ1) is 11.1. The Balaban J connectivity index is 2.13. The van der Waals surface area contributed by atoms with E-state index in [9.17, 15) is 4.79 Å². The molecule has 1 fully saturated rings. The van der Waals surface area contributed by atoms with E-state index in [-0.39, 0.29) is 5.91 Å². The Hall–Kier alpha value is -1.36. The molecule has 1 amide bonds. The molecule has 0 atom stereocenters. The zero-order valence-corrected chi connectivity index (χ0v) is 9.86. The van der Waals surface area contributed by atoms with Crippen LogP contribution in [-0.2, 0) is 13.5 Å². The number of aromatic nitrogens is 2. The topological polar surface area (TPSA) is 50.2 Å². The van der Waals surface area contributed by atoms with Gasteiger partial charge in [-0.3, -0.25) is 9.48 Å². The molecule has 16 heavy (non-hydrogen) atoms. The summed E-state index contributed by atoms with van der Waals surface area (Å²) in [6.07, 6.45) is 0.901. The lowest BCUT2D eigenvalue weighted by molar-refractivity contribution is 0.0729. The average Bonchev–Trinajstić information content (AvgIpc) is 2.71. The maximum atomic E-state index is 12.1. The van der Waals surface area contributed by atoms with Gasteiger partial charge in [0, 0.05) is 38.9 Å². The van der Waals surface area contributed by atoms with Gasteiger partial charge in [0.15, 0.2) is 5.69 Å². The van der Waals surface area contributed by atoms with E-state index in [2.05, 4.69) is 17.3 Å². The van der Waals surface area contributed by atoms with Crippen molar-refractivity contribution in [3.63, 3.8) is 0 Å². The van der Waals surface area contributed by atoms with Crippen molar-refractivity contribution >= 4 is 5.91 Å². The largest absolute Gasteiger partial charge is 0.335 e. The lowest BCUT2D eigenvalue weighted by Crippen LogP contribution is -2.46. The van der Waals surface area contributed by atoms with E-state index in [4.69, 9.17) is 0 Å². The number of rotatable bonds is 2. The van der Waals surface area contributed by atoms with Crippen LogP contribution in [0.4, 0.5) is 0 Å². The van der Waals surface area contributed by atoms with Crippen molar-refractivity contribution in [2.45, 2.75) is 13.3 Å². The minimum Gasteiger partial charge on any atom is -0.335 e. The molecular formula is C11H18N4O. The van der Waals surface area contributed by atoms with E-state index in [0.29, 0.717) is 5.69 Å². The third-order valence-electron chi connectivity index (χ3n) is 2.96. The van der Waals surface area contributed by atoms with Gasteiger partial charge in [0.1, 0.15) is 0 Å². The van der Waals surface area contributed by atoms with Gasteiger partial charge in [-0.2, -0.15) is 5.10 Å². The van der Waals surface area contributed by atoms with E-state index in [1.165, 1.54) is 0 Å². The molecule has 1 N–H and O–H groups in total. The molecule has 1 aromatic heterocycles. The van der Waals surface area contributed by atoms with Crippen LogP contribution in [0.15, 0.2) is 6.07 Å². The van der Waals surface area contributed by atoms with Crippen molar-refractivity contribution in [3.8, 4) is 0 Å². The Morgan fingerprint density at radius 3 is 2.75 bits per heavy atom. The molecule has 88 valence electrons. The second kappa shape index (κ2) is 4.65. The second-order valence-corrected chi connectivity index (χ2v) is 4.04. The number of carbonyl (C=O) groups excluding carboxylic acids is 1. The number of nitrogens with one attached hydrogen (secondary N) is 1. The summed E-state index contributed by atoms with van der Waals surface area (Å²) < 4.78 is 1.79. The Bertz CT molecular complexity index is 379. The van der Waals surface area contributed by atoms with Crippen LogP contribution in [0.1, 0.15) is 23.1 Å². The maximum Gasteiger partial charge on any atom is 0.274 e. The summed E-state index contributed by atoms with van der Waals surface area (Å²) in [4.78, 5) is 14.0. The molecule has 2 heterocycles. The molecule has 0 unspecified atom stereocenters. The highest BCUT2D eigenvalue weighted by Gasteiger charge is 2.20. The molecule has 1 aromatic rings. The van der Waals surface area contributed by atoms with Crippen molar-refractivity contribution in [2.75, 3.05) is 26.2 Å². The minimum atomic E-state index is 0.0526. The van der Waals surface area contributed by atoms with Crippen molar-refractivity contribution in [3.05, 3.63) is 17.5 Å². The van der Waals surface area contributed by atoms with Crippen LogP contribution >= 0.6 is 0 Å². The Labute approximate surface area is 95.4 Å². The zero-order chi connectivity index (χ0) is 11.5. The third-order valence-corrected chi connectivity index (χ3v) is 2.96. The summed E-state index contributed by atoms with van der Waals surface area (Å²) >= 11 is 0. The van der Waals surface area contributed by atoms with Gasteiger partial charge in [-0.15, -0.1) is 0 Å². The van der Waals surface area contributed by atoms with Gasteiger partial charge in [-0.1, -0.05) is 6.92 Å². The lowest BCUT2D eigenvalue weighted by atomic mass is 10.2. The summed E-state index contributed by atoms with van der Waals surface area (Å²) in [5, 5.41) is 7.49. The van der Waals surface area contributed by atoms with E-state index in [0.717, 1.165) is 38.3 Å².